The monoisotopic (exact) mass is 408 g/mol. The largest absolute Gasteiger partial charge is 0.392 e. The van der Waals surface area contributed by atoms with Gasteiger partial charge in [-0.25, -0.2) is 4.98 Å². The number of amides is 1. The fourth-order valence-corrected chi connectivity index (χ4v) is 3.13. The first-order chi connectivity index (χ1) is 10.6. The van der Waals surface area contributed by atoms with Crippen LogP contribution < -0.4 is 5.32 Å². The molecule has 0 aliphatic heterocycles. The summed E-state index contributed by atoms with van der Waals surface area (Å²) in [7, 11) is 0. The van der Waals surface area contributed by atoms with Crippen molar-refractivity contribution in [3.8, 4) is 11.3 Å². The van der Waals surface area contributed by atoms with E-state index in [4.69, 9.17) is 0 Å². The van der Waals surface area contributed by atoms with E-state index in [1.54, 1.807) is 24.5 Å². The van der Waals surface area contributed by atoms with Gasteiger partial charge in [0.15, 0.2) is 0 Å². The molecule has 0 saturated heterocycles. The first kappa shape index (κ1) is 14.9. The fourth-order valence-electron chi connectivity index (χ4n) is 2.27. The lowest BCUT2D eigenvalue weighted by Gasteiger charge is -2.04. The minimum atomic E-state index is -0.166. The number of aliphatic hydroxyl groups excluding tert-OH is 1. The summed E-state index contributed by atoms with van der Waals surface area (Å²) < 4.78 is 0.961. The van der Waals surface area contributed by atoms with Gasteiger partial charge in [-0.1, -0.05) is 0 Å². The van der Waals surface area contributed by atoms with Crippen molar-refractivity contribution in [3.05, 3.63) is 39.7 Å². The standard InChI is InChI=1S/C15H13IN4O2/c1-8(22)19-11-6-9(2-4-17-11)13-12(16)15-14(20-13)10(7-21)3-5-18-15/h2-6,20-21H,7H2,1H3,(H,17,19,22). The van der Waals surface area contributed by atoms with Crippen molar-refractivity contribution in [2.45, 2.75) is 13.5 Å². The van der Waals surface area contributed by atoms with Gasteiger partial charge in [-0.2, -0.15) is 0 Å². The third kappa shape index (κ3) is 2.69. The van der Waals surface area contributed by atoms with Crippen LogP contribution in [0, 0.1) is 3.57 Å². The Labute approximate surface area is 140 Å². The maximum atomic E-state index is 11.2. The number of aliphatic hydroxyl groups is 1. The molecule has 0 aliphatic carbocycles. The van der Waals surface area contributed by atoms with Gasteiger partial charge in [0.25, 0.3) is 0 Å². The van der Waals surface area contributed by atoms with E-state index >= 15 is 0 Å². The average molecular weight is 408 g/mol. The van der Waals surface area contributed by atoms with E-state index in [0.717, 1.165) is 31.4 Å². The number of fused-ring (bicyclic) bond motifs is 1. The van der Waals surface area contributed by atoms with Crippen molar-refractivity contribution >= 4 is 45.3 Å². The summed E-state index contributed by atoms with van der Waals surface area (Å²) in [5, 5.41) is 12.1. The number of rotatable bonds is 3. The number of nitrogens with zero attached hydrogens (tertiary/aromatic N) is 2. The van der Waals surface area contributed by atoms with Gasteiger partial charge in [0, 0.05) is 30.4 Å². The Morgan fingerprint density at radius 1 is 1.36 bits per heavy atom. The minimum Gasteiger partial charge on any atom is -0.392 e. The van der Waals surface area contributed by atoms with Crippen LogP contribution in [0.3, 0.4) is 0 Å². The predicted molar refractivity (Wildman–Crippen MR) is 92.3 cm³/mol. The van der Waals surface area contributed by atoms with Crippen LogP contribution in [-0.2, 0) is 11.4 Å². The number of hydrogen-bond donors (Lipinski definition) is 3. The quantitative estimate of drug-likeness (QED) is 0.582. The Balaban J connectivity index is 2.14. The van der Waals surface area contributed by atoms with E-state index < -0.39 is 0 Å². The molecule has 0 aliphatic rings. The fraction of sp³-hybridized carbons (Fsp3) is 0.133. The molecule has 0 unspecified atom stereocenters. The highest BCUT2D eigenvalue weighted by molar-refractivity contribution is 14.1. The smallest absolute Gasteiger partial charge is 0.222 e. The zero-order valence-corrected chi connectivity index (χ0v) is 13.9. The molecule has 0 saturated carbocycles. The van der Waals surface area contributed by atoms with E-state index in [-0.39, 0.29) is 12.5 Å². The summed E-state index contributed by atoms with van der Waals surface area (Å²) in [4.78, 5) is 23.0. The summed E-state index contributed by atoms with van der Waals surface area (Å²) in [6, 6.07) is 5.44. The lowest BCUT2D eigenvalue weighted by molar-refractivity contribution is -0.114. The van der Waals surface area contributed by atoms with Crippen molar-refractivity contribution in [1.82, 2.24) is 15.0 Å². The molecule has 6 nitrogen and oxygen atoms in total. The highest BCUT2D eigenvalue weighted by atomic mass is 127. The highest BCUT2D eigenvalue weighted by Gasteiger charge is 2.15. The average Bonchev–Trinajstić information content (AvgIpc) is 2.84. The van der Waals surface area contributed by atoms with Gasteiger partial charge in [0.05, 0.1) is 21.4 Å². The van der Waals surface area contributed by atoms with Gasteiger partial charge in [-0.3, -0.25) is 9.78 Å². The molecule has 0 spiro atoms. The molecule has 3 N–H and O–H groups in total. The van der Waals surface area contributed by atoms with Gasteiger partial charge in [-0.15, -0.1) is 0 Å². The number of pyridine rings is 2. The van der Waals surface area contributed by atoms with Crippen LogP contribution in [0.4, 0.5) is 5.82 Å². The second-order valence-electron chi connectivity index (χ2n) is 4.78. The van der Waals surface area contributed by atoms with E-state index in [1.807, 2.05) is 6.07 Å². The maximum absolute atomic E-state index is 11.2. The van der Waals surface area contributed by atoms with Crippen molar-refractivity contribution in [2.75, 3.05) is 5.32 Å². The topological polar surface area (TPSA) is 90.9 Å². The summed E-state index contributed by atoms with van der Waals surface area (Å²) in [6.07, 6.45) is 3.32. The summed E-state index contributed by atoms with van der Waals surface area (Å²) >= 11 is 2.22. The molecule has 3 aromatic rings. The lowest BCUT2D eigenvalue weighted by atomic mass is 10.2. The second-order valence-corrected chi connectivity index (χ2v) is 5.86. The molecule has 1 amide bonds. The van der Waals surface area contributed by atoms with Gasteiger partial charge in [0.2, 0.25) is 5.91 Å². The van der Waals surface area contributed by atoms with Crippen molar-refractivity contribution in [3.63, 3.8) is 0 Å². The molecule has 0 fully saturated rings. The van der Waals surface area contributed by atoms with Crippen LogP contribution in [0.1, 0.15) is 12.5 Å². The lowest BCUT2D eigenvalue weighted by Crippen LogP contribution is -2.07. The Bertz CT molecular complexity index is 860. The van der Waals surface area contributed by atoms with Crippen molar-refractivity contribution in [2.24, 2.45) is 0 Å². The third-order valence-electron chi connectivity index (χ3n) is 3.24. The normalized spacial score (nSPS) is 10.9. The van der Waals surface area contributed by atoms with Crippen molar-refractivity contribution in [1.29, 1.82) is 0 Å². The summed E-state index contributed by atoms with van der Waals surface area (Å²) in [5.74, 6) is 0.329. The number of halogens is 1. The molecule has 0 radical (unpaired) electrons. The number of hydrogen-bond acceptors (Lipinski definition) is 4. The molecule has 3 rings (SSSR count). The molecule has 22 heavy (non-hydrogen) atoms. The van der Waals surface area contributed by atoms with Crippen LogP contribution in [0.2, 0.25) is 0 Å². The van der Waals surface area contributed by atoms with Crippen LogP contribution in [0.5, 0.6) is 0 Å². The van der Waals surface area contributed by atoms with Crippen LogP contribution in [0.15, 0.2) is 30.6 Å². The highest BCUT2D eigenvalue weighted by Crippen LogP contribution is 2.32. The zero-order valence-electron chi connectivity index (χ0n) is 11.7. The molecular weight excluding hydrogens is 395 g/mol. The summed E-state index contributed by atoms with van der Waals surface area (Å²) in [5.41, 5.74) is 4.22. The van der Waals surface area contributed by atoms with Gasteiger partial charge in [-0.05, 0) is 40.8 Å². The molecule has 3 heterocycles. The number of H-pyrrole nitrogens is 1. The molecule has 112 valence electrons. The van der Waals surface area contributed by atoms with Crippen LogP contribution in [-0.4, -0.2) is 26.0 Å². The molecule has 0 bridgehead atoms. The van der Waals surface area contributed by atoms with Gasteiger partial charge >= 0.3 is 0 Å². The number of carbonyl (C=O) groups excluding carboxylic acids is 1. The second kappa shape index (κ2) is 6.01. The number of nitrogens with one attached hydrogen (secondary N) is 2. The minimum absolute atomic E-state index is 0.0530. The van der Waals surface area contributed by atoms with Gasteiger partial charge in [0.1, 0.15) is 11.3 Å². The van der Waals surface area contributed by atoms with Crippen LogP contribution in [0.25, 0.3) is 22.3 Å². The molecule has 7 heteroatoms. The van der Waals surface area contributed by atoms with Gasteiger partial charge < -0.3 is 15.4 Å². The first-order valence-corrected chi connectivity index (χ1v) is 7.68. The molecule has 0 aromatic carbocycles. The number of carbonyl (C=O) groups is 1. The molecule has 3 aromatic heterocycles. The van der Waals surface area contributed by atoms with Crippen LogP contribution >= 0.6 is 22.6 Å². The van der Waals surface area contributed by atoms with Crippen molar-refractivity contribution < 1.29 is 9.90 Å². The summed E-state index contributed by atoms with van der Waals surface area (Å²) in [6.45, 7) is 1.39. The van der Waals surface area contributed by atoms with E-state index in [1.165, 1.54) is 6.92 Å². The number of aromatic amines is 1. The SMILES string of the molecule is CC(=O)Nc1cc(-c2[nH]c3c(CO)ccnc3c2I)ccn1. The number of aromatic nitrogens is 3. The van der Waals surface area contributed by atoms with E-state index in [9.17, 15) is 9.90 Å². The Hall–Kier alpha value is -2.00. The van der Waals surface area contributed by atoms with E-state index in [2.05, 4.69) is 42.9 Å². The number of anilines is 1. The Morgan fingerprint density at radius 3 is 2.86 bits per heavy atom. The first-order valence-electron chi connectivity index (χ1n) is 6.60. The maximum Gasteiger partial charge on any atom is 0.222 e. The zero-order chi connectivity index (χ0) is 15.7. The molecular formula is C15H13IN4O2. The van der Waals surface area contributed by atoms with E-state index in [0.29, 0.717) is 5.82 Å². The third-order valence-corrected chi connectivity index (χ3v) is 4.29. The Kier molecular flexibility index (Phi) is 4.08. The predicted octanol–water partition coefficient (Wildman–Crippen LogP) is 2.68. The molecule has 0 atom stereocenters. The Morgan fingerprint density at radius 2 is 2.14 bits per heavy atom.